The molecule has 0 spiro atoms. The first-order valence-corrected chi connectivity index (χ1v) is 14.9. The van der Waals surface area contributed by atoms with Crippen molar-refractivity contribution in [2.24, 2.45) is 7.05 Å². The lowest BCUT2D eigenvalue weighted by Crippen LogP contribution is -2.44. The van der Waals surface area contributed by atoms with Crippen molar-refractivity contribution in [3.05, 3.63) is 79.4 Å². The van der Waals surface area contributed by atoms with Crippen LogP contribution in [0.2, 0.25) is 0 Å². The van der Waals surface area contributed by atoms with Gasteiger partial charge in [-0.15, -0.1) is 0 Å². The molecule has 46 heavy (non-hydrogen) atoms. The SMILES string of the molecule is C=CC(=O)Nc1cc(N(OC(=O)c2cncnc2Nc2ccccc2-c2ccn(C)n2)C(C)C)c(OC)cc1N1CCN(C)CC1. The Hall–Kier alpha value is -5.43. The van der Waals surface area contributed by atoms with E-state index < -0.39 is 5.97 Å². The molecule has 13 heteroatoms. The predicted octanol–water partition coefficient (Wildman–Crippen LogP) is 4.49. The number of hydrogen-bond acceptors (Lipinski definition) is 11. The van der Waals surface area contributed by atoms with Crippen LogP contribution in [0.4, 0.5) is 28.6 Å². The van der Waals surface area contributed by atoms with E-state index in [2.05, 4.69) is 49.1 Å². The maximum absolute atomic E-state index is 13.8. The van der Waals surface area contributed by atoms with Gasteiger partial charge < -0.3 is 30.0 Å². The van der Waals surface area contributed by atoms with E-state index in [9.17, 15) is 9.59 Å². The number of methoxy groups -OCH3 is 1. The molecule has 1 saturated heterocycles. The van der Waals surface area contributed by atoms with Gasteiger partial charge in [0.1, 0.15) is 29.1 Å². The van der Waals surface area contributed by atoms with Gasteiger partial charge in [-0.2, -0.15) is 10.2 Å². The Labute approximate surface area is 268 Å². The Bertz CT molecular complexity index is 1710. The Morgan fingerprint density at radius 2 is 1.83 bits per heavy atom. The lowest BCUT2D eigenvalue weighted by atomic mass is 10.1. The smallest absolute Gasteiger partial charge is 0.368 e. The fourth-order valence-corrected chi connectivity index (χ4v) is 5.14. The predicted molar refractivity (Wildman–Crippen MR) is 179 cm³/mol. The number of nitrogens with zero attached hydrogens (tertiary/aromatic N) is 7. The van der Waals surface area contributed by atoms with Crippen molar-refractivity contribution >= 4 is 40.4 Å². The number of aromatic nitrogens is 4. The molecule has 13 nitrogen and oxygen atoms in total. The zero-order valence-corrected chi connectivity index (χ0v) is 26.7. The Balaban J connectivity index is 1.47. The van der Waals surface area contributed by atoms with E-state index in [0.717, 1.165) is 43.1 Å². The summed E-state index contributed by atoms with van der Waals surface area (Å²) in [7, 11) is 5.49. The van der Waals surface area contributed by atoms with Crippen LogP contribution >= 0.6 is 0 Å². The van der Waals surface area contributed by atoms with E-state index >= 15 is 0 Å². The van der Waals surface area contributed by atoms with Crippen LogP contribution in [0.3, 0.4) is 0 Å². The fourth-order valence-electron chi connectivity index (χ4n) is 5.14. The van der Waals surface area contributed by atoms with Crippen LogP contribution in [0.5, 0.6) is 5.75 Å². The number of amides is 1. The number of carbonyl (C=O) groups is 2. The van der Waals surface area contributed by atoms with Crippen LogP contribution in [0.25, 0.3) is 11.3 Å². The molecule has 5 rings (SSSR count). The highest BCUT2D eigenvalue weighted by molar-refractivity contribution is 6.02. The lowest BCUT2D eigenvalue weighted by Gasteiger charge is -2.36. The summed E-state index contributed by atoms with van der Waals surface area (Å²) in [4.78, 5) is 45.2. The summed E-state index contributed by atoms with van der Waals surface area (Å²) in [6.45, 7) is 10.7. The largest absolute Gasteiger partial charge is 0.494 e. The molecule has 0 saturated carbocycles. The van der Waals surface area contributed by atoms with Gasteiger partial charge in [-0.25, -0.2) is 14.8 Å². The number of aryl methyl sites for hydroxylation is 1. The number of carbonyl (C=O) groups excluding carboxylic acids is 2. The van der Waals surface area contributed by atoms with Gasteiger partial charge in [-0.05, 0) is 45.2 Å². The molecule has 3 heterocycles. The van der Waals surface area contributed by atoms with Gasteiger partial charge in [0.25, 0.3) is 0 Å². The van der Waals surface area contributed by atoms with E-state index in [1.165, 1.54) is 23.7 Å². The van der Waals surface area contributed by atoms with Gasteiger partial charge in [0.05, 0.1) is 30.2 Å². The summed E-state index contributed by atoms with van der Waals surface area (Å²) in [5, 5.41) is 12.2. The third-order valence-electron chi connectivity index (χ3n) is 7.57. The molecule has 1 amide bonds. The summed E-state index contributed by atoms with van der Waals surface area (Å²) in [5.74, 6) is -0.306. The second-order valence-corrected chi connectivity index (χ2v) is 11.2. The zero-order chi connectivity index (χ0) is 32.8. The van der Waals surface area contributed by atoms with Crippen molar-refractivity contribution < 1.29 is 19.2 Å². The van der Waals surface area contributed by atoms with E-state index in [4.69, 9.17) is 9.57 Å². The molecule has 0 atom stereocenters. The first kappa shape index (κ1) is 32.0. The Morgan fingerprint density at radius 3 is 2.50 bits per heavy atom. The molecular weight excluding hydrogens is 586 g/mol. The van der Waals surface area contributed by atoms with Gasteiger partial charge in [0.2, 0.25) is 5.91 Å². The maximum atomic E-state index is 13.8. The number of anilines is 5. The number of ether oxygens (including phenoxy) is 1. The van der Waals surface area contributed by atoms with Crippen LogP contribution in [-0.2, 0) is 16.7 Å². The number of hydroxylamine groups is 1. The molecular formula is C33H39N9O4. The number of rotatable bonds is 11. The van der Waals surface area contributed by atoms with Crippen molar-refractivity contribution in [3.63, 3.8) is 0 Å². The van der Waals surface area contributed by atoms with Crippen molar-refractivity contribution in [1.29, 1.82) is 0 Å². The number of nitrogens with one attached hydrogen (secondary N) is 2. The number of hydrogen-bond donors (Lipinski definition) is 2. The number of benzene rings is 2. The van der Waals surface area contributed by atoms with Crippen LogP contribution in [0.1, 0.15) is 24.2 Å². The first-order chi connectivity index (χ1) is 22.2. The van der Waals surface area contributed by atoms with E-state index in [1.54, 1.807) is 17.9 Å². The minimum Gasteiger partial charge on any atom is -0.494 e. The molecule has 1 aliphatic rings. The van der Waals surface area contributed by atoms with E-state index in [0.29, 0.717) is 22.8 Å². The van der Waals surface area contributed by atoms with Gasteiger partial charge in [0.15, 0.2) is 0 Å². The van der Waals surface area contributed by atoms with Gasteiger partial charge >= 0.3 is 5.97 Å². The van der Waals surface area contributed by atoms with Crippen LogP contribution < -0.4 is 25.3 Å². The van der Waals surface area contributed by atoms with Gasteiger partial charge in [-0.3, -0.25) is 9.48 Å². The van der Waals surface area contributed by atoms with Gasteiger partial charge in [0, 0.05) is 62.9 Å². The molecule has 2 aromatic heterocycles. The summed E-state index contributed by atoms with van der Waals surface area (Å²) >= 11 is 0. The average molecular weight is 626 g/mol. The Morgan fingerprint density at radius 1 is 1.07 bits per heavy atom. The zero-order valence-electron chi connectivity index (χ0n) is 26.7. The number of para-hydroxylation sites is 1. The Kier molecular flexibility index (Phi) is 9.82. The topological polar surface area (TPSA) is 130 Å². The third kappa shape index (κ3) is 7.10. The van der Waals surface area contributed by atoms with Crippen molar-refractivity contribution in [3.8, 4) is 17.0 Å². The van der Waals surface area contributed by atoms with Crippen LogP contribution in [0.15, 0.2) is 73.8 Å². The molecule has 1 fully saturated rings. The number of piperazine rings is 1. The minimum absolute atomic E-state index is 0.122. The molecule has 4 aromatic rings. The minimum atomic E-state index is -0.686. The normalized spacial score (nSPS) is 13.3. The monoisotopic (exact) mass is 625 g/mol. The van der Waals surface area contributed by atoms with E-state index in [-0.39, 0.29) is 23.3 Å². The number of likely N-dealkylation sites (N-methyl/N-ethyl adjacent to an activating group) is 1. The third-order valence-corrected chi connectivity index (χ3v) is 7.57. The molecule has 0 aliphatic carbocycles. The average Bonchev–Trinajstić information content (AvgIpc) is 3.50. The van der Waals surface area contributed by atoms with Crippen molar-refractivity contribution in [2.45, 2.75) is 19.9 Å². The van der Waals surface area contributed by atoms with Crippen LogP contribution in [-0.4, -0.2) is 82.9 Å². The molecule has 240 valence electrons. The second-order valence-electron chi connectivity index (χ2n) is 11.2. The molecule has 0 bridgehead atoms. The van der Waals surface area contributed by atoms with Gasteiger partial charge in [-0.1, -0.05) is 24.8 Å². The molecule has 1 aliphatic heterocycles. The fraction of sp³-hybridized carbons (Fsp3) is 0.303. The van der Waals surface area contributed by atoms with Crippen molar-refractivity contribution in [2.75, 3.05) is 60.9 Å². The summed E-state index contributed by atoms with van der Waals surface area (Å²) in [6, 6.07) is 12.8. The standard InChI is InChI=1S/C33H39N9O4/c1-7-31(43)36-27-18-29(30(45-6)19-28(27)41-16-14-39(4)15-17-41)42(22(2)3)46-33(44)24-20-34-21-35-32(24)37-25-11-9-8-10-23(25)26-12-13-40(5)38-26/h7-13,18-22H,1,14-17H2,2-6H3,(H,36,43)(H,34,35,37). The molecule has 0 radical (unpaired) electrons. The first-order valence-electron chi connectivity index (χ1n) is 14.9. The highest BCUT2D eigenvalue weighted by Crippen LogP contribution is 2.41. The quantitative estimate of drug-likeness (QED) is 0.181. The molecule has 0 unspecified atom stereocenters. The highest BCUT2D eigenvalue weighted by Gasteiger charge is 2.27. The van der Waals surface area contributed by atoms with E-state index in [1.807, 2.05) is 63.5 Å². The summed E-state index contributed by atoms with van der Waals surface area (Å²) in [6.07, 6.45) is 5.84. The summed E-state index contributed by atoms with van der Waals surface area (Å²) < 4.78 is 7.54. The lowest BCUT2D eigenvalue weighted by molar-refractivity contribution is -0.111. The van der Waals surface area contributed by atoms with Crippen LogP contribution in [0, 0.1) is 0 Å². The second kappa shape index (κ2) is 14.1. The van der Waals surface area contributed by atoms with Crippen molar-refractivity contribution in [1.82, 2.24) is 24.6 Å². The molecule has 2 aromatic carbocycles. The summed E-state index contributed by atoms with van der Waals surface area (Å²) in [5.41, 5.74) is 4.23. The maximum Gasteiger partial charge on any atom is 0.368 e. The molecule has 2 N–H and O–H groups in total. The highest BCUT2D eigenvalue weighted by atomic mass is 16.7.